The number of ether oxygens (including phenoxy) is 1. The van der Waals surface area contributed by atoms with E-state index < -0.39 is 17.4 Å². The van der Waals surface area contributed by atoms with E-state index in [4.69, 9.17) is 4.74 Å². The molecule has 1 aromatic heterocycles. The first-order valence-electron chi connectivity index (χ1n) is 11.7. The highest BCUT2D eigenvalue weighted by Gasteiger charge is 2.26. The maximum Gasteiger partial charge on any atom is 0.344 e. The number of rotatable bonds is 7. The molecule has 0 bridgehead atoms. The largest absolute Gasteiger partial charge is 0.462 e. The fourth-order valence-electron chi connectivity index (χ4n) is 3.97. The molecule has 7 nitrogen and oxygen atoms in total. The summed E-state index contributed by atoms with van der Waals surface area (Å²) >= 11 is 0. The number of aryl methyl sites for hydroxylation is 1. The lowest BCUT2D eigenvalue weighted by Gasteiger charge is -2.17. The van der Waals surface area contributed by atoms with E-state index in [9.17, 15) is 14.4 Å². The molecule has 0 fully saturated rings. The fourth-order valence-corrected chi connectivity index (χ4v) is 3.97. The number of esters is 1. The summed E-state index contributed by atoms with van der Waals surface area (Å²) in [6, 6.07) is 24.0. The lowest BCUT2D eigenvalue weighted by atomic mass is 9.95. The van der Waals surface area contributed by atoms with Crippen molar-refractivity contribution in [1.29, 1.82) is 0 Å². The number of carbonyl (C=O) groups is 2. The first-order valence-corrected chi connectivity index (χ1v) is 11.7. The van der Waals surface area contributed by atoms with Crippen molar-refractivity contribution < 1.29 is 14.3 Å². The minimum absolute atomic E-state index is 0.0998. The predicted molar refractivity (Wildman–Crippen MR) is 140 cm³/mol. The third-order valence-electron chi connectivity index (χ3n) is 5.92. The molecule has 0 unspecified atom stereocenters. The second-order valence-corrected chi connectivity index (χ2v) is 8.31. The van der Waals surface area contributed by atoms with Crippen LogP contribution in [-0.4, -0.2) is 28.3 Å². The van der Waals surface area contributed by atoms with Crippen LogP contribution in [0.5, 0.6) is 0 Å². The standard InChI is InChI=1S/C29H27N3O4/c1-4-36-29(35)26-25(21-13-7-5-8-14-21)27(22-15-9-6-10-16-22)31-32(28(26)34)18-24(33)30-23-17-11-12-19(2)20(23)3/h5-17H,4,18H2,1-3H3,(H,30,33). The normalized spacial score (nSPS) is 10.6. The summed E-state index contributed by atoms with van der Waals surface area (Å²) in [4.78, 5) is 39.7. The summed E-state index contributed by atoms with van der Waals surface area (Å²) < 4.78 is 6.29. The minimum atomic E-state index is -0.760. The van der Waals surface area contributed by atoms with Gasteiger partial charge in [0.15, 0.2) is 0 Å². The van der Waals surface area contributed by atoms with Crippen LogP contribution in [0.25, 0.3) is 22.4 Å². The summed E-state index contributed by atoms with van der Waals surface area (Å²) in [6.45, 7) is 5.28. The Balaban J connectivity index is 1.88. The van der Waals surface area contributed by atoms with Gasteiger partial charge in [-0.05, 0) is 43.5 Å². The zero-order chi connectivity index (χ0) is 25.7. The Morgan fingerprint density at radius 2 is 1.53 bits per heavy atom. The van der Waals surface area contributed by atoms with E-state index in [1.54, 1.807) is 13.0 Å². The number of aromatic nitrogens is 2. The Kier molecular flexibility index (Phi) is 7.39. The number of nitrogens with zero attached hydrogens (tertiary/aromatic N) is 2. The maximum absolute atomic E-state index is 13.6. The Bertz CT molecular complexity index is 1460. The molecule has 3 aromatic carbocycles. The van der Waals surface area contributed by atoms with Gasteiger partial charge in [-0.25, -0.2) is 9.48 Å². The Morgan fingerprint density at radius 3 is 2.17 bits per heavy atom. The van der Waals surface area contributed by atoms with Gasteiger partial charge in [0, 0.05) is 16.8 Å². The smallest absolute Gasteiger partial charge is 0.344 e. The lowest BCUT2D eigenvalue weighted by molar-refractivity contribution is -0.117. The monoisotopic (exact) mass is 481 g/mol. The van der Waals surface area contributed by atoms with Gasteiger partial charge in [-0.15, -0.1) is 0 Å². The number of hydrogen-bond donors (Lipinski definition) is 1. The first kappa shape index (κ1) is 24.6. The van der Waals surface area contributed by atoms with E-state index >= 15 is 0 Å². The van der Waals surface area contributed by atoms with E-state index in [0.717, 1.165) is 15.8 Å². The van der Waals surface area contributed by atoms with E-state index in [-0.39, 0.29) is 18.7 Å². The Labute approximate surface area is 209 Å². The zero-order valence-electron chi connectivity index (χ0n) is 20.4. The highest BCUT2D eigenvalue weighted by Crippen LogP contribution is 2.32. The van der Waals surface area contributed by atoms with Crippen molar-refractivity contribution in [3.63, 3.8) is 0 Å². The van der Waals surface area contributed by atoms with E-state index in [0.29, 0.717) is 28.1 Å². The lowest BCUT2D eigenvalue weighted by Crippen LogP contribution is -2.35. The van der Waals surface area contributed by atoms with Gasteiger partial charge in [0.05, 0.1) is 12.3 Å². The fraction of sp³-hybridized carbons (Fsp3) is 0.172. The van der Waals surface area contributed by atoms with Crippen LogP contribution in [-0.2, 0) is 16.1 Å². The van der Waals surface area contributed by atoms with Crippen LogP contribution in [0.2, 0.25) is 0 Å². The van der Waals surface area contributed by atoms with Gasteiger partial charge in [-0.1, -0.05) is 72.8 Å². The summed E-state index contributed by atoms with van der Waals surface area (Å²) in [5.74, 6) is -1.19. The van der Waals surface area contributed by atoms with Crippen molar-refractivity contribution in [3.05, 3.63) is 106 Å². The second kappa shape index (κ2) is 10.8. The van der Waals surface area contributed by atoms with E-state index in [2.05, 4.69) is 10.4 Å². The molecule has 182 valence electrons. The summed E-state index contributed by atoms with van der Waals surface area (Å²) in [6.07, 6.45) is 0. The third-order valence-corrected chi connectivity index (χ3v) is 5.92. The molecule has 7 heteroatoms. The SMILES string of the molecule is CCOC(=O)c1c(-c2ccccc2)c(-c2ccccc2)nn(CC(=O)Nc2cccc(C)c2C)c1=O. The molecule has 1 N–H and O–H groups in total. The molecule has 0 saturated heterocycles. The molecule has 1 heterocycles. The number of anilines is 1. The van der Waals surface area contributed by atoms with Gasteiger partial charge in [0.2, 0.25) is 5.91 Å². The van der Waals surface area contributed by atoms with Crippen molar-refractivity contribution in [3.8, 4) is 22.4 Å². The van der Waals surface area contributed by atoms with Gasteiger partial charge >= 0.3 is 5.97 Å². The van der Waals surface area contributed by atoms with Crippen LogP contribution in [0.3, 0.4) is 0 Å². The van der Waals surface area contributed by atoms with Crippen LogP contribution in [0.15, 0.2) is 83.7 Å². The zero-order valence-corrected chi connectivity index (χ0v) is 20.4. The number of amides is 1. The third kappa shape index (κ3) is 5.10. The molecule has 0 aliphatic carbocycles. The quantitative estimate of drug-likeness (QED) is 0.375. The minimum Gasteiger partial charge on any atom is -0.462 e. The van der Waals surface area contributed by atoms with Crippen LogP contribution in [0.4, 0.5) is 5.69 Å². The maximum atomic E-state index is 13.6. The molecule has 0 aliphatic heterocycles. The second-order valence-electron chi connectivity index (χ2n) is 8.31. The Hall–Kier alpha value is -4.52. The highest BCUT2D eigenvalue weighted by molar-refractivity contribution is 6.01. The number of hydrogen-bond acceptors (Lipinski definition) is 5. The van der Waals surface area contributed by atoms with Crippen molar-refractivity contribution in [1.82, 2.24) is 9.78 Å². The summed E-state index contributed by atoms with van der Waals surface area (Å²) in [7, 11) is 0. The number of benzene rings is 3. The molecule has 0 saturated carbocycles. The molecule has 0 atom stereocenters. The molecule has 0 radical (unpaired) electrons. The van der Waals surface area contributed by atoms with Crippen molar-refractivity contribution in [2.45, 2.75) is 27.3 Å². The molecule has 36 heavy (non-hydrogen) atoms. The molecule has 4 rings (SSSR count). The van der Waals surface area contributed by atoms with Crippen molar-refractivity contribution >= 4 is 17.6 Å². The molecular weight excluding hydrogens is 454 g/mol. The molecular formula is C29H27N3O4. The topological polar surface area (TPSA) is 90.3 Å². The predicted octanol–water partition coefficient (Wildman–Crippen LogP) is 5.01. The van der Waals surface area contributed by atoms with Gasteiger partial charge in [0.1, 0.15) is 12.1 Å². The number of nitrogens with one attached hydrogen (secondary N) is 1. The molecule has 0 aliphatic rings. The molecule has 0 spiro atoms. The van der Waals surface area contributed by atoms with Crippen LogP contribution >= 0.6 is 0 Å². The van der Waals surface area contributed by atoms with Crippen LogP contribution in [0, 0.1) is 13.8 Å². The van der Waals surface area contributed by atoms with Gasteiger partial charge in [-0.2, -0.15) is 5.10 Å². The Morgan fingerprint density at radius 1 is 0.889 bits per heavy atom. The van der Waals surface area contributed by atoms with Gasteiger partial charge < -0.3 is 10.1 Å². The van der Waals surface area contributed by atoms with Crippen molar-refractivity contribution in [2.75, 3.05) is 11.9 Å². The van der Waals surface area contributed by atoms with Gasteiger partial charge in [-0.3, -0.25) is 9.59 Å². The van der Waals surface area contributed by atoms with Crippen LogP contribution in [0.1, 0.15) is 28.4 Å². The average molecular weight is 482 g/mol. The van der Waals surface area contributed by atoms with Crippen LogP contribution < -0.4 is 10.9 Å². The summed E-state index contributed by atoms with van der Waals surface area (Å²) in [5.41, 5.74) is 3.90. The molecule has 1 amide bonds. The first-order chi connectivity index (χ1) is 17.4. The molecule has 4 aromatic rings. The highest BCUT2D eigenvalue weighted by atomic mass is 16.5. The van der Waals surface area contributed by atoms with Gasteiger partial charge in [0.25, 0.3) is 5.56 Å². The van der Waals surface area contributed by atoms with E-state index in [1.165, 1.54) is 0 Å². The van der Waals surface area contributed by atoms with Crippen molar-refractivity contribution in [2.24, 2.45) is 0 Å². The summed E-state index contributed by atoms with van der Waals surface area (Å²) in [5, 5.41) is 7.43. The number of carbonyl (C=O) groups excluding carboxylic acids is 2. The van der Waals surface area contributed by atoms with E-state index in [1.807, 2.05) is 86.6 Å². The average Bonchev–Trinajstić information content (AvgIpc) is 2.88.